The molecular weight excluding hydrogens is 558 g/mol. The number of phenols is 1. The second-order valence-corrected chi connectivity index (χ2v) is 12.5. The van der Waals surface area contributed by atoms with Crippen molar-refractivity contribution in [2.75, 3.05) is 44.4 Å². The summed E-state index contributed by atoms with van der Waals surface area (Å²) in [6.07, 6.45) is 1.81. The molecule has 2 aromatic rings. The third-order valence-electron chi connectivity index (χ3n) is 6.80. The predicted octanol–water partition coefficient (Wildman–Crippen LogP) is 4.58. The number of aromatic hydroxyl groups is 1. The first-order chi connectivity index (χ1) is 16.8. The van der Waals surface area contributed by atoms with Gasteiger partial charge in [0.1, 0.15) is 11.6 Å². The SMILES string of the molecule is Br.COCC[C@H]1CN(CC(=O)c2cc(N(C)S(C)(=O)=O)c(O)c(C(C)(C)C)c2)C(=N)[C@@H]1c1ccccc1. The molecule has 0 saturated carbocycles. The number of nitrogens with one attached hydrogen (secondary N) is 1. The van der Waals surface area contributed by atoms with E-state index in [0.29, 0.717) is 30.1 Å². The Morgan fingerprint density at radius 2 is 1.84 bits per heavy atom. The summed E-state index contributed by atoms with van der Waals surface area (Å²) < 4.78 is 30.7. The summed E-state index contributed by atoms with van der Waals surface area (Å²) in [4.78, 5) is 15.3. The van der Waals surface area contributed by atoms with Crippen LogP contribution in [0.2, 0.25) is 0 Å². The summed E-state index contributed by atoms with van der Waals surface area (Å²) in [6.45, 7) is 6.78. The zero-order valence-electron chi connectivity index (χ0n) is 22.3. The van der Waals surface area contributed by atoms with E-state index in [4.69, 9.17) is 10.1 Å². The van der Waals surface area contributed by atoms with Crippen LogP contribution in [0, 0.1) is 11.3 Å². The summed E-state index contributed by atoms with van der Waals surface area (Å²) >= 11 is 0. The molecule has 1 fully saturated rings. The molecule has 10 heteroatoms. The summed E-state index contributed by atoms with van der Waals surface area (Å²) in [5, 5.41) is 19.8. The molecule has 1 saturated heterocycles. The molecule has 3 rings (SSSR count). The van der Waals surface area contributed by atoms with Crippen molar-refractivity contribution in [2.45, 2.75) is 38.5 Å². The van der Waals surface area contributed by atoms with Gasteiger partial charge in [-0.15, -0.1) is 17.0 Å². The van der Waals surface area contributed by atoms with Crippen molar-refractivity contribution in [3.8, 4) is 5.75 Å². The standard InChI is InChI=1S/C27H37N3O5S.BrH/c1-27(2,3)21-14-20(15-22(25(21)32)29(4)36(6,33)34)23(31)17-30-16-19(12-13-35-5)24(26(30)28)18-10-8-7-9-11-18;/h7-11,14-15,19,24,28,32H,12-13,16-17H2,1-6H3;1H/t19-,24+;/m0./s1. The minimum absolute atomic E-state index is 0. The van der Waals surface area contributed by atoms with Gasteiger partial charge in [-0.25, -0.2) is 8.42 Å². The van der Waals surface area contributed by atoms with E-state index in [1.807, 2.05) is 51.1 Å². The normalized spacial score (nSPS) is 18.0. The number of halogens is 1. The zero-order chi connectivity index (χ0) is 26.8. The van der Waals surface area contributed by atoms with Crippen molar-refractivity contribution in [3.05, 3.63) is 59.2 Å². The maximum atomic E-state index is 13.5. The third kappa shape index (κ3) is 6.91. The van der Waals surface area contributed by atoms with Crippen LogP contribution in [0.1, 0.15) is 54.6 Å². The molecule has 8 nitrogen and oxygen atoms in total. The fraction of sp³-hybridized carbons (Fsp3) is 0.481. The smallest absolute Gasteiger partial charge is 0.232 e. The highest BCUT2D eigenvalue weighted by Gasteiger charge is 2.39. The number of methoxy groups -OCH3 is 1. The number of rotatable bonds is 9. The first-order valence-corrected chi connectivity index (χ1v) is 13.8. The summed E-state index contributed by atoms with van der Waals surface area (Å²) in [5.74, 6) is -0.0215. The van der Waals surface area contributed by atoms with Gasteiger partial charge >= 0.3 is 0 Å². The number of nitrogens with zero attached hydrogens (tertiary/aromatic N) is 2. The maximum Gasteiger partial charge on any atom is 0.232 e. The number of ketones is 1. The Hall–Kier alpha value is -2.43. The number of sulfonamides is 1. The van der Waals surface area contributed by atoms with Crippen molar-refractivity contribution in [3.63, 3.8) is 0 Å². The highest BCUT2D eigenvalue weighted by atomic mass is 79.9. The number of amidine groups is 1. The van der Waals surface area contributed by atoms with E-state index in [-0.39, 0.29) is 52.6 Å². The van der Waals surface area contributed by atoms with Gasteiger partial charge in [-0.1, -0.05) is 51.1 Å². The number of Topliss-reactive ketones (excluding diaryl/α,β-unsaturated/α-hetero) is 1. The van der Waals surface area contributed by atoms with Crippen LogP contribution in [-0.2, 0) is 20.2 Å². The Morgan fingerprint density at radius 1 is 1.22 bits per heavy atom. The van der Waals surface area contributed by atoms with Gasteiger partial charge in [0.25, 0.3) is 0 Å². The van der Waals surface area contributed by atoms with Crippen molar-refractivity contribution in [1.82, 2.24) is 4.90 Å². The molecule has 0 amide bonds. The largest absolute Gasteiger partial charge is 0.505 e. The monoisotopic (exact) mass is 595 g/mol. The second kappa shape index (κ2) is 12.0. The highest BCUT2D eigenvalue weighted by molar-refractivity contribution is 8.93. The molecule has 0 radical (unpaired) electrons. The molecule has 0 aliphatic carbocycles. The minimum Gasteiger partial charge on any atom is -0.505 e. The van der Waals surface area contributed by atoms with Crippen molar-refractivity contribution in [1.29, 1.82) is 5.41 Å². The molecule has 0 bridgehead atoms. The predicted molar refractivity (Wildman–Crippen MR) is 153 cm³/mol. The molecule has 2 N–H and O–H groups in total. The molecule has 0 aromatic heterocycles. The van der Waals surface area contributed by atoms with Gasteiger partial charge in [0.2, 0.25) is 10.0 Å². The summed E-state index contributed by atoms with van der Waals surface area (Å²) in [6, 6.07) is 12.9. The Morgan fingerprint density at radius 3 is 2.38 bits per heavy atom. The van der Waals surface area contributed by atoms with Gasteiger partial charge in [0, 0.05) is 44.4 Å². The number of hydrogen-bond acceptors (Lipinski definition) is 6. The van der Waals surface area contributed by atoms with Crippen LogP contribution in [0.5, 0.6) is 5.75 Å². The van der Waals surface area contributed by atoms with Crippen molar-refractivity contribution in [2.24, 2.45) is 5.92 Å². The quantitative estimate of drug-likeness (QED) is 0.411. The lowest BCUT2D eigenvalue weighted by atomic mass is 9.84. The fourth-order valence-corrected chi connectivity index (χ4v) is 5.21. The lowest BCUT2D eigenvalue weighted by molar-refractivity contribution is 0.0961. The van der Waals surface area contributed by atoms with E-state index in [0.717, 1.165) is 22.5 Å². The molecule has 204 valence electrons. The van der Waals surface area contributed by atoms with Crippen LogP contribution in [0.25, 0.3) is 0 Å². The molecule has 1 aliphatic rings. The van der Waals surface area contributed by atoms with E-state index in [2.05, 4.69) is 0 Å². The minimum atomic E-state index is -3.66. The van der Waals surface area contributed by atoms with E-state index in [1.165, 1.54) is 13.1 Å². The number of carbonyl (C=O) groups excluding carboxylic acids is 1. The second-order valence-electron chi connectivity index (χ2n) is 10.5. The zero-order valence-corrected chi connectivity index (χ0v) is 24.8. The average Bonchev–Trinajstić information content (AvgIpc) is 3.11. The van der Waals surface area contributed by atoms with E-state index in [9.17, 15) is 18.3 Å². The van der Waals surface area contributed by atoms with Crippen LogP contribution >= 0.6 is 17.0 Å². The molecule has 37 heavy (non-hydrogen) atoms. The molecule has 2 atom stereocenters. The summed E-state index contributed by atoms with van der Waals surface area (Å²) in [7, 11) is -0.655. The molecule has 0 unspecified atom stereocenters. The number of benzene rings is 2. The van der Waals surface area contributed by atoms with Gasteiger partial charge in [-0.05, 0) is 35.4 Å². The molecule has 0 spiro atoms. The van der Waals surface area contributed by atoms with Crippen LogP contribution in [-0.4, -0.2) is 70.2 Å². The molecule has 2 aromatic carbocycles. The number of anilines is 1. The van der Waals surface area contributed by atoms with Crippen LogP contribution in [0.3, 0.4) is 0 Å². The molecular formula is C27H38BrN3O5S. The van der Waals surface area contributed by atoms with Crippen molar-refractivity contribution >= 4 is 44.3 Å². The topological polar surface area (TPSA) is 111 Å². The van der Waals surface area contributed by atoms with Gasteiger partial charge in [0.05, 0.1) is 18.5 Å². The summed E-state index contributed by atoms with van der Waals surface area (Å²) in [5.41, 5.74) is 1.35. The van der Waals surface area contributed by atoms with Gasteiger partial charge in [-0.2, -0.15) is 0 Å². The lowest BCUT2D eigenvalue weighted by Gasteiger charge is -2.27. The van der Waals surface area contributed by atoms with E-state index in [1.54, 1.807) is 18.1 Å². The Bertz CT molecular complexity index is 1230. The van der Waals surface area contributed by atoms with Crippen molar-refractivity contribution < 1.29 is 23.1 Å². The number of ether oxygens (including phenoxy) is 1. The molecule has 1 aliphatic heterocycles. The van der Waals surface area contributed by atoms with E-state index >= 15 is 0 Å². The van der Waals surface area contributed by atoms with Gasteiger partial charge < -0.3 is 14.7 Å². The Balaban J connectivity index is 0.00000481. The van der Waals surface area contributed by atoms with Crippen LogP contribution in [0.4, 0.5) is 5.69 Å². The first-order valence-electron chi connectivity index (χ1n) is 12.0. The van der Waals surface area contributed by atoms with Gasteiger partial charge in [-0.3, -0.25) is 14.5 Å². The fourth-order valence-electron chi connectivity index (χ4n) is 4.71. The lowest BCUT2D eigenvalue weighted by Crippen LogP contribution is -2.32. The van der Waals surface area contributed by atoms with Crippen LogP contribution < -0.4 is 4.31 Å². The maximum absolute atomic E-state index is 13.5. The molecule has 1 heterocycles. The third-order valence-corrected chi connectivity index (χ3v) is 8.00. The number of hydrogen-bond donors (Lipinski definition) is 2. The van der Waals surface area contributed by atoms with Gasteiger partial charge in [0.15, 0.2) is 5.78 Å². The average molecular weight is 597 g/mol. The Kier molecular flexibility index (Phi) is 9.95. The Labute approximate surface area is 231 Å². The van der Waals surface area contributed by atoms with E-state index < -0.39 is 15.4 Å². The number of likely N-dealkylation sites (tertiary alicyclic amines) is 1. The number of phenolic OH excluding ortho intramolecular Hbond substituents is 1. The number of carbonyl (C=O) groups is 1. The highest BCUT2D eigenvalue weighted by Crippen LogP contribution is 2.40. The first kappa shape index (κ1) is 30.8. The van der Waals surface area contributed by atoms with Crippen LogP contribution in [0.15, 0.2) is 42.5 Å².